The summed E-state index contributed by atoms with van der Waals surface area (Å²) in [6, 6.07) is 4.78. The molecule has 2 aliphatic rings. The lowest BCUT2D eigenvalue weighted by Crippen LogP contribution is -2.49. The summed E-state index contributed by atoms with van der Waals surface area (Å²) < 4.78 is 18.8. The fraction of sp³-hybridized carbons (Fsp3) is 0.533. The lowest BCUT2D eigenvalue weighted by Gasteiger charge is -2.34. The van der Waals surface area contributed by atoms with E-state index in [4.69, 9.17) is 4.74 Å². The van der Waals surface area contributed by atoms with Crippen molar-refractivity contribution in [2.24, 2.45) is 0 Å². The van der Waals surface area contributed by atoms with Gasteiger partial charge in [-0.1, -0.05) is 0 Å². The summed E-state index contributed by atoms with van der Waals surface area (Å²) in [5, 5.41) is 0. The molecular formula is C15H18FNO2. The molecule has 2 saturated heterocycles. The third-order valence-corrected chi connectivity index (χ3v) is 4.14. The summed E-state index contributed by atoms with van der Waals surface area (Å²) in [4.78, 5) is 14.8. The van der Waals surface area contributed by atoms with Crippen LogP contribution >= 0.6 is 0 Å². The van der Waals surface area contributed by atoms with Crippen LogP contribution in [0.1, 0.15) is 28.8 Å². The number of carbonyl (C=O) groups is 1. The van der Waals surface area contributed by atoms with Crippen LogP contribution in [-0.4, -0.2) is 42.5 Å². The van der Waals surface area contributed by atoms with Gasteiger partial charge in [-0.2, -0.15) is 0 Å². The van der Waals surface area contributed by atoms with Crippen molar-refractivity contribution in [3.05, 3.63) is 35.1 Å². The maximum atomic E-state index is 13.1. The van der Waals surface area contributed by atoms with E-state index in [1.165, 1.54) is 18.6 Å². The monoisotopic (exact) mass is 263 g/mol. The molecule has 1 aromatic rings. The normalized spacial score (nSPS) is 27.3. The van der Waals surface area contributed by atoms with Gasteiger partial charge in [0.1, 0.15) is 11.9 Å². The van der Waals surface area contributed by atoms with Gasteiger partial charge in [0.25, 0.3) is 0 Å². The van der Waals surface area contributed by atoms with Gasteiger partial charge in [-0.05, 0) is 50.1 Å². The highest BCUT2D eigenvalue weighted by molar-refractivity contribution is 6.00. The number of Topliss-reactive ketones (excluding diaryl/α,β-unsaturated/α-hetero) is 1. The molecule has 0 saturated carbocycles. The molecule has 3 nitrogen and oxygen atoms in total. The highest BCUT2D eigenvalue weighted by atomic mass is 19.1. The van der Waals surface area contributed by atoms with E-state index in [2.05, 4.69) is 4.90 Å². The first-order valence-corrected chi connectivity index (χ1v) is 6.81. The molecule has 1 aromatic carbocycles. The number of ketones is 1. The molecule has 2 heterocycles. The van der Waals surface area contributed by atoms with Crippen molar-refractivity contribution in [1.29, 1.82) is 0 Å². The molecule has 0 N–H and O–H groups in total. The molecule has 3 rings (SSSR count). The highest BCUT2D eigenvalue weighted by Gasteiger charge is 2.35. The van der Waals surface area contributed by atoms with E-state index >= 15 is 0 Å². The molecule has 2 unspecified atom stereocenters. The van der Waals surface area contributed by atoms with Gasteiger partial charge in [-0.15, -0.1) is 0 Å². The average Bonchev–Trinajstić information content (AvgIpc) is 2.85. The van der Waals surface area contributed by atoms with Crippen LogP contribution in [0.25, 0.3) is 0 Å². The molecule has 2 aliphatic heterocycles. The summed E-state index contributed by atoms with van der Waals surface area (Å²) in [7, 11) is 0. The minimum Gasteiger partial charge on any atom is -0.367 e. The minimum absolute atomic E-state index is 0.0251. The van der Waals surface area contributed by atoms with Crippen molar-refractivity contribution < 1.29 is 13.9 Å². The Hall–Kier alpha value is -1.26. The Balaban J connectivity index is 1.76. The van der Waals surface area contributed by atoms with Crippen molar-refractivity contribution in [1.82, 2.24) is 4.90 Å². The Labute approximate surface area is 112 Å². The van der Waals surface area contributed by atoms with Crippen LogP contribution in [0.15, 0.2) is 18.2 Å². The van der Waals surface area contributed by atoms with Crippen LogP contribution in [0.3, 0.4) is 0 Å². The number of hydrogen-bond acceptors (Lipinski definition) is 3. The van der Waals surface area contributed by atoms with Crippen molar-refractivity contribution in [2.45, 2.75) is 31.9 Å². The molecule has 0 amide bonds. The minimum atomic E-state index is -0.404. The molecule has 2 atom stereocenters. The van der Waals surface area contributed by atoms with Crippen LogP contribution in [-0.2, 0) is 4.74 Å². The van der Waals surface area contributed by atoms with Gasteiger partial charge in [-0.25, -0.2) is 4.39 Å². The third kappa shape index (κ3) is 2.42. The number of halogens is 1. The number of carbonyl (C=O) groups excluding carboxylic acids is 1. The molecule has 0 bridgehead atoms. The number of hydrogen-bond donors (Lipinski definition) is 0. The van der Waals surface area contributed by atoms with E-state index in [9.17, 15) is 9.18 Å². The second-order valence-corrected chi connectivity index (χ2v) is 5.44. The van der Waals surface area contributed by atoms with Gasteiger partial charge >= 0.3 is 0 Å². The molecule has 0 spiro atoms. The first kappa shape index (κ1) is 12.8. The van der Waals surface area contributed by atoms with E-state index < -0.39 is 6.10 Å². The van der Waals surface area contributed by atoms with Crippen LogP contribution in [0.4, 0.5) is 4.39 Å². The van der Waals surface area contributed by atoms with E-state index in [-0.39, 0.29) is 11.6 Å². The van der Waals surface area contributed by atoms with Gasteiger partial charge in [0.15, 0.2) is 5.78 Å². The SMILES string of the molecule is Cc1cc(F)ccc1C(=O)C1CN2CCCC2CO1. The molecule has 0 aromatic heterocycles. The predicted molar refractivity (Wildman–Crippen MR) is 69.8 cm³/mol. The fourth-order valence-corrected chi connectivity index (χ4v) is 3.05. The smallest absolute Gasteiger partial charge is 0.193 e. The molecule has 19 heavy (non-hydrogen) atoms. The number of fused-ring (bicyclic) bond motifs is 1. The van der Waals surface area contributed by atoms with E-state index in [0.717, 1.165) is 13.0 Å². The maximum Gasteiger partial charge on any atom is 0.193 e. The first-order valence-electron chi connectivity index (χ1n) is 6.81. The van der Waals surface area contributed by atoms with E-state index in [1.807, 2.05) is 0 Å². The third-order valence-electron chi connectivity index (χ3n) is 4.14. The number of nitrogens with zero attached hydrogens (tertiary/aromatic N) is 1. The zero-order valence-electron chi connectivity index (χ0n) is 11.1. The predicted octanol–water partition coefficient (Wildman–Crippen LogP) is 2.18. The Kier molecular flexibility index (Phi) is 3.37. The Bertz CT molecular complexity index is 503. The lowest BCUT2D eigenvalue weighted by molar-refractivity contribution is -0.0344. The largest absolute Gasteiger partial charge is 0.367 e. The first-order chi connectivity index (χ1) is 9.15. The zero-order valence-corrected chi connectivity index (χ0v) is 11.1. The summed E-state index contributed by atoms with van der Waals surface area (Å²) >= 11 is 0. The van der Waals surface area contributed by atoms with Gasteiger partial charge in [0.05, 0.1) is 6.61 Å². The van der Waals surface area contributed by atoms with Gasteiger partial charge in [0.2, 0.25) is 0 Å². The highest BCUT2D eigenvalue weighted by Crippen LogP contribution is 2.24. The number of benzene rings is 1. The quantitative estimate of drug-likeness (QED) is 0.766. The van der Waals surface area contributed by atoms with Gasteiger partial charge < -0.3 is 4.74 Å². The maximum absolute atomic E-state index is 13.1. The molecule has 0 aliphatic carbocycles. The molecular weight excluding hydrogens is 245 g/mol. The van der Waals surface area contributed by atoms with Crippen LogP contribution in [0, 0.1) is 12.7 Å². The summed E-state index contributed by atoms with van der Waals surface area (Å²) in [6.07, 6.45) is 1.94. The fourth-order valence-electron chi connectivity index (χ4n) is 3.05. The van der Waals surface area contributed by atoms with Crippen molar-refractivity contribution >= 4 is 5.78 Å². The van der Waals surface area contributed by atoms with Gasteiger partial charge in [0, 0.05) is 18.2 Å². The van der Waals surface area contributed by atoms with Crippen LogP contribution < -0.4 is 0 Å². The Morgan fingerprint density at radius 2 is 2.32 bits per heavy atom. The standard InChI is InChI=1S/C15H18FNO2/c1-10-7-11(16)4-5-13(10)15(18)14-8-17-6-2-3-12(17)9-19-14/h4-5,7,12,14H,2-3,6,8-9H2,1H3. The second-order valence-electron chi connectivity index (χ2n) is 5.44. The van der Waals surface area contributed by atoms with Crippen molar-refractivity contribution in [2.75, 3.05) is 19.7 Å². The number of morpholine rings is 1. The van der Waals surface area contributed by atoms with Crippen molar-refractivity contribution in [3.63, 3.8) is 0 Å². The Morgan fingerprint density at radius 1 is 1.47 bits per heavy atom. The topological polar surface area (TPSA) is 29.5 Å². The Morgan fingerprint density at radius 3 is 3.11 bits per heavy atom. The molecule has 102 valence electrons. The van der Waals surface area contributed by atoms with E-state index in [0.29, 0.717) is 30.3 Å². The average molecular weight is 263 g/mol. The second kappa shape index (κ2) is 5.02. The number of aryl methyl sites for hydroxylation is 1. The van der Waals surface area contributed by atoms with Crippen LogP contribution in [0.5, 0.6) is 0 Å². The summed E-state index contributed by atoms with van der Waals surface area (Å²) in [6.45, 7) is 4.12. The summed E-state index contributed by atoms with van der Waals surface area (Å²) in [5.41, 5.74) is 1.25. The molecule has 4 heteroatoms. The lowest BCUT2D eigenvalue weighted by atomic mass is 9.99. The zero-order chi connectivity index (χ0) is 13.4. The summed E-state index contributed by atoms with van der Waals surface area (Å²) in [5.74, 6) is -0.332. The van der Waals surface area contributed by atoms with Gasteiger partial charge in [-0.3, -0.25) is 9.69 Å². The van der Waals surface area contributed by atoms with E-state index in [1.54, 1.807) is 13.0 Å². The molecule has 2 fully saturated rings. The number of ether oxygens (including phenoxy) is 1. The van der Waals surface area contributed by atoms with Crippen molar-refractivity contribution in [3.8, 4) is 0 Å². The van der Waals surface area contributed by atoms with Crippen LogP contribution in [0.2, 0.25) is 0 Å². The molecule has 0 radical (unpaired) electrons. The number of rotatable bonds is 2.